The topological polar surface area (TPSA) is 84.9 Å². The van der Waals surface area contributed by atoms with Crippen molar-refractivity contribution in [2.45, 2.75) is 38.5 Å². The number of aliphatic hydroxyl groups is 1. The number of hydrogen-bond acceptors (Lipinski definition) is 6. The summed E-state index contributed by atoms with van der Waals surface area (Å²) in [6.45, 7) is 2.93. The summed E-state index contributed by atoms with van der Waals surface area (Å²) in [5.41, 5.74) is 2.94. The number of rotatable bonds is 4. The summed E-state index contributed by atoms with van der Waals surface area (Å²) in [6.07, 6.45) is 3.36. The number of aliphatic hydroxyl groups excluding tert-OH is 1. The van der Waals surface area contributed by atoms with Gasteiger partial charge < -0.3 is 19.9 Å². The Morgan fingerprint density at radius 3 is 2.52 bits per heavy atom. The highest BCUT2D eigenvalue weighted by Gasteiger charge is 2.42. The van der Waals surface area contributed by atoms with Gasteiger partial charge >= 0.3 is 11.9 Å². The number of carbonyl (C=O) groups excluding carboxylic acids is 2. The summed E-state index contributed by atoms with van der Waals surface area (Å²) in [4.78, 5) is 24.3. The first-order valence-electron chi connectivity index (χ1n) is 8.17. The van der Waals surface area contributed by atoms with Gasteiger partial charge in [-0.15, -0.1) is 0 Å². The van der Waals surface area contributed by atoms with Gasteiger partial charge in [-0.1, -0.05) is 30.3 Å². The van der Waals surface area contributed by atoms with Crippen molar-refractivity contribution in [1.82, 2.24) is 5.32 Å². The molecule has 1 atom stereocenters. The van der Waals surface area contributed by atoms with Gasteiger partial charge in [0.1, 0.15) is 5.76 Å². The van der Waals surface area contributed by atoms with E-state index in [1.165, 1.54) is 19.4 Å². The van der Waals surface area contributed by atoms with Crippen LogP contribution in [0.3, 0.4) is 0 Å². The highest BCUT2D eigenvalue weighted by Crippen LogP contribution is 2.32. The molecular weight excluding hydrogens is 322 g/mol. The maximum absolute atomic E-state index is 12.1. The number of benzene rings is 1. The third-order valence-electron chi connectivity index (χ3n) is 4.38. The fourth-order valence-corrected chi connectivity index (χ4v) is 3.14. The zero-order valence-electron chi connectivity index (χ0n) is 14.5. The average Bonchev–Trinajstić information content (AvgIpc) is 2.93. The van der Waals surface area contributed by atoms with Gasteiger partial charge in [-0.3, -0.25) is 0 Å². The number of fused-ring (bicyclic) bond motifs is 1. The Labute approximate surface area is 146 Å². The second kappa shape index (κ2) is 6.37. The van der Waals surface area contributed by atoms with E-state index >= 15 is 0 Å². The van der Waals surface area contributed by atoms with Crippen LogP contribution in [0.25, 0.3) is 5.57 Å². The molecule has 0 unspecified atom stereocenters. The monoisotopic (exact) mass is 343 g/mol. The summed E-state index contributed by atoms with van der Waals surface area (Å²) in [6, 6.07) is 7.43. The van der Waals surface area contributed by atoms with Crippen molar-refractivity contribution in [2.24, 2.45) is 0 Å². The summed E-state index contributed by atoms with van der Waals surface area (Å²) in [7, 11) is 1.66. The van der Waals surface area contributed by atoms with Gasteiger partial charge in [0.25, 0.3) is 5.79 Å². The third kappa shape index (κ3) is 3.30. The summed E-state index contributed by atoms with van der Waals surface area (Å²) in [5.74, 6) is -3.45. The Kier molecular flexibility index (Phi) is 4.39. The molecule has 2 aliphatic rings. The molecule has 1 aromatic carbocycles. The minimum atomic E-state index is -1.33. The molecule has 1 heterocycles. The lowest BCUT2D eigenvalue weighted by atomic mass is 9.97. The second-order valence-electron chi connectivity index (χ2n) is 6.58. The van der Waals surface area contributed by atoms with Crippen LogP contribution < -0.4 is 5.32 Å². The Balaban J connectivity index is 1.86. The van der Waals surface area contributed by atoms with E-state index in [0.29, 0.717) is 6.42 Å². The molecule has 6 nitrogen and oxygen atoms in total. The van der Waals surface area contributed by atoms with Gasteiger partial charge in [-0.2, -0.15) is 0 Å². The Morgan fingerprint density at radius 2 is 1.88 bits per heavy atom. The molecule has 1 saturated heterocycles. The molecule has 0 radical (unpaired) electrons. The third-order valence-corrected chi connectivity index (χ3v) is 4.38. The first-order valence-corrected chi connectivity index (χ1v) is 8.17. The van der Waals surface area contributed by atoms with Gasteiger partial charge in [-0.05, 0) is 36.6 Å². The molecule has 132 valence electrons. The normalized spacial score (nSPS) is 19.6. The van der Waals surface area contributed by atoms with E-state index in [4.69, 9.17) is 9.47 Å². The Bertz CT molecular complexity index is 769. The Morgan fingerprint density at radius 1 is 1.24 bits per heavy atom. The molecule has 0 aromatic heterocycles. The van der Waals surface area contributed by atoms with Crippen LogP contribution >= 0.6 is 0 Å². The first kappa shape index (κ1) is 17.2. The van der Waals surface area contributed by atoms with E-state index in [2.05, 4.69) is 17.5 Å². The largest absolute Gasteiger partial charge is 0.509 e. The molecule has 1 aromatic rings. The molecule has 3 rings (SSSR count). The smallest absolute Gasteiger partial charge is 0.352 e. The van der Waals surface area contributed by atoms with Crippen LogP contribution in [-0.2, 0) is 25.5 Å². The molecule has 0 spiro atoms. The number of cyclic esters (lactones) is 2. The van der Waals surface area contributed by atoms with Crippen molar-refractivity contribution in [1.29, 1.82) is 0 Å². The lowest BCUT2D eigenvalue weighted by molar-refractivity contribution is -0.222. The van der Waals surface area contributed by atoms with Crippen molar-refractivity contribution in [3.63, 3.8) is 0 Å². The van der Waals surface area contributed by atoms with Crippen molar-refractivity contribution in [3.05, 3.63) is 52.8 Å². The molecule has 6 heteroatoms. The van der Waals surface area contributed by atoms with Gasteiger partial charge in [0.05, 0.1) is 6.04 Å². The first-order chi connectivity index (χ1) is 11.8. The minimum absolute atomic E-state index is 0.363. The van der Waals surface area contributed by atoms with Crippen LogP contribution in [-0.4, -0.2) is 35.9 Å². The average molecular weight is 343 g/mol. The van der Waals surface area contributed by atoms with Crippen molar-refractivity contribution >= 4 is 17.5 Å². The molecule has 1 aliphatic carbocycles. The molecule has 0 bridgehead atoms. The second-order valence-corrected chi connectivity index (χ2v) is 6.58. The maximum Gasteiger partial charge on any atom is 0.352 e. The highest BCUT2D eigenvalue weighted by atomic mass is 16.7. The standard InChI is InChI=1S/C19H21NO5/c1-19(2)24-17(22)15(18(23)25-19)16(21)14(20-3)10-12-9-8-11-6-4-5-7-13(11)12/h4-7,9,14,20-21H,8,10H2,1-3H3/t14-/m1/s1. The molecule has 0 saturated carbocycles. The van der Waals surface area contributed by atoms with E-state index in [9.17, 15) is 14.7 Å². The fourth-order valence-electron chi connectivity index (χ4n) is 3.14. The highest BCUT2D eigenvalue weighted by molar-refractivity contribution is 6.15. The number of ether oxygens (including phenoxy) is 2. The maximum atomic E-state index is 12.1. The molecule has 2 N–H and O–H groups in total. The summed E-state index contributed by atoms with van der Waals surface area (Å²) >= 11 is 0. The van der Waals surface area contributed by atoms with Crippen LogP contribution in [0.5, 0.6) is 0 Å². The number of hydrogen-bond donors (Lipinski definition) is 2. The SMILES string of the molecule is CN[C@H](CC1=CCc2ccccc21)C(O)=C1C(=O)OC(C)(C)OC1=O. The van der Waals surface area contributed by atoms with Crippen molar-refractivity contribution in [2.75, 3.05) is 7.05 Å². The number of carbonyl (C=O) groups is 2. The molecule has 0 amide bonds. The zero-order chi connectivity index (χ0) is 18.2. The quantitative estimate of drug-likeness (QED) is 0.377. The molecule has 1 fully saturated rings. The van der Waals surface area contributed by atoms with Gasteiger partial charge in [0, 0.05) is 13.8 Å². The van der Waals surface area contributed by atoms with Crippen LogP contribution in [0.4, 0.5) is 0 Å². The van der Waals surface area contributed by atoms with E-state index in [-0.39, 0.29) is 5.76 Å². The molecule has 1 aliphatic heterocycles. The van der Waals surface area contributed by atoms with Crippen LogP contribution in [0, 0.1) is 0 Å². The number of likely N-dealkylation sites (N-methyl/N-ethyl adjacent to an activating group) is 1. The van der Waals surface area contributed by atoms with Gasteiger partial charge in [0.2, 0.25) is 0 Å². The predicted molar refractivity (Wildman–Crippen MR) is 91.5 cm³/mol. The molecular formula is C19H21NO5. The number of allylic oxidation sites excluding steroid dienone is 1. The molecule has 25 heavy (non-hydrogen) atoms. The summed E-state index contributed by atoms with van der Waals surface area (Å²) < 4.78 is 10.1. The number of nitrogens with one attached hydrogen (secondary N) is 1. The Hall–Kier alpha value is -2.60. The lowest BCUT2D eigenvalue weighted by Gasteiger charge is -2.31. The van der Waals surface area contributed by atoms with Crippen molar-refractivity contribution < 1.29 is 24.2 Å². The number of esters is 2. The fraction of sp³-hybridized carbons (Fsp3) is 0.368. The van der Waals surface area contributed by atoms with Crippen LogP contribution in [0.2, 0.25) is 0 Å². The van der Waals surface area contributed by atoms with E-state index in [1.54, 1.807) is 7.05 Å². The zero-order valence-corrected chi connectivity index (χ0v) is 14.5. The van der Waals surface area contributed by atoms with Crippen LogP contribution in [0.15, 0.2) is 41.7 Å². The minimum Gasteiger partial charge on any atom is -0.509 e. The predicted octanol–water partition coefficient (Wildman–Crippen LogP) is 2.25. The van der Waals surface area contributed by atoms with Crippen molar-refractivity contribution in [3.8, 4) is 0 Å². The van der Waals surface area contributed by atoms with Gasteiger partial charge in [0.15, 0.2) is 5.57 Å². The van der Waals surface area contributed by atoms with Crippen LogP contribution in [0.1, 0.15) is 31.4 Å². The van der Waals surface area contributed by atoms with E-state index in [1.807, 2.05) is 18.2 Å². The van der Waals surface area contributed by atoms with Gasteiger partial charge in [-0.25, -0.2) is 9.59 Å². The van der Waals surface area contributed by atoms with E-state index in [0.717, 1.165) is 17.6 Å². The van der Waals surface area contributed by atoms with E-state index < -0.39 is 29.3 Å². The lowest BCUT2D eigenvalue weighted by Crippen LogP contribution is -2.44. The summed E-state index contributed by atoms with van der Waals surface area (Å²) in [5, 5.41) is 13.5.